The van der Waals surface area contributed by atoms with Crippen molar-refractivity contribution in [1.82, 2.24) is 4.59 Å². The van der Waals surface area contributed by atoms with Crippen LogP contribution in [-0.2, 0) is 9.59 Å². The molecule has 1 aliphatic rings. The average molecular weight is 455 g/mol. The lowest BCUT2D eigenvalue weighted by atomic mass is 9.78. The van der Waals surface area contributed by atoms with Gasteiger partial charge in [0.25, 0.3) is 5.91 Å². The second kappa shape index (κ2) is 11.4. The van der Waals surface area contributed by atoms with E-state index in [9.17, 15) is 9.59 Å². The molecule has 2 unspecified atom stereocenters. The highest BCUT2D eigenvalue weighted by Gasteiger charge is 2.69. The molecule has 2 atom stereocenters. The van der Waals surface area contributed by atoms with Gasteiger partial charge in [-0.25, -0.2) is 4.79 Å². The zero-order valence-electron chi connectivity index (χ0n) is 19.3. The number of rotatable bonds is 11. The third kappa shape index (κ3) is 4.39. The van der Waals surface area contributed by atoms with Gasteiger partial charge in [0.15, 0.2) is 11.1 Å². The number of unbranched alkanes of at least 4 members (excludes halogenated alkanes) is 3. The fourth-order valence-corrected chi connectivity index (χ4v) is 4.82. The third-order valence-electron chi connectivity index (χ3n) is 6.41. The van der Waals surface area contributed by atoms with E-state index in [2.05, 4.69) is 20.4 Å². The molecule has 172 valence electrons. The number of benzene rings is 2. The maximum absolute atomic E-state index is 14.5. The molecule has 0 aliphatic carbocycles. The zero-order chi connectivity index (χ0) is 22.3. The van der Waals surface area contributed by atoms with Gasteiger partial charge in [-0.15, -0.1) is 16.2 Å². The summed E-state index contributed by atoms with van der Waals surface area (Å²) in [5.74, 6) is -0.116. The molecule has 0 N–H and O–H groups in total. The van der Waals surface area contributed by atoms with Crippen LogP contribution in [0.1, 0.15) is 58.8 Å². The molecular formula is C27H35ClN2O2. The van der Waals surface area contributed by atoms with Gasteiger partial charge in [-0.05, 0) is 37.8 Å². The SMILES string of the molecule is C=CCC1(CCCC)C(=O)N(c2ccccc2)[N+](CCCCC)(c2ccccc2)C1=O.[Cl-]. The van der Waals surface area contributed by atoms with Crippen LogP contribution in [0.4, 0.5) is 11.4 Å². The number of carbonyl (C=O) groups is 2. The van der Waals surface area contributed by atoms with Gasteiger partial charge in [0.2, 0.25) is 0 Å². The monoisotopic (exact) mass is 454 g/mol. The second-order valence-electron chi connectivity index (χ2n) is 8.47. The van der Waals surface area contributed by atoms with E-state index in [-0.39, 0.29) is 28.8 Å². The van der Waals surface area contributed by atoms with Crippen molar-refractivity contribution in [2.45, 2.75) is 58.8 Å². The van der Waals surface area contributed by atoms with E-state index in [1.165, 1.54) is 0 Å². The molecule has 0 bridgehead atoms. The van der Waals surface area contributed by atoms with Crippen LogP contribution >= 0.6 is 0 Å². The second-order valence-corrected chi connectivity index (χ2v) is 8.47. The number of hydrogen-bond acceptors (Lipinski definition) is 2. The molecule has 0 spiro atoms. The van der Waals surface area contributed by atoms with Gasteiger partial charge >= 0.3 is 5.91 Å². The molecule has 1 aliphatic heterocycles. The van der Waals surface area contributed by atoms with Crippen molar-refractivity contribution < 1.29 is 22.0 Å². The molecule has 4 nitrogen and oxygen atoms in total. The molecule has 0 aromatic heterocycles. The maximum Gasteiger partial charge on any atom is 0.359 e. The number of carbonyl (C=O) groups excluding carboxylic acids is 2. The minimum Gasteiger partial charge on any atom is -1.00 e. The number of nitrogens with zero attached hydrogens (tertiary/aromatic N) is 2. The lowest BCUT2D eigenvalue weighted by molar-refractivity contribution is -0.139. The van der Waals surface area contributed by atoms with Crippen LogP contribution in [0, 0.1) is 5.41 Å². The minimum absolute atomic E-state index is 0. The van der Waals surface area contributed by atoms with Gasteiger partial charge in [-0.3, -0.25) is 4.79 Å². The number of quaternary nitrogens is 1. The highest BCUT2D eigenvalue weighted by molar-refractivity contribution is 6.23. The lowest BCUT2D eigenvalue weighted by Crippen LogP contribution is -3.00. The molecule has 0 radical (unpaired) electrons. The van der Waals surface area contributed by atoms with Crippen LogP contribution in [0.15, 0.2) is 73.3 Å². The summed E-state index contributed by atoms with van der Waals surface area (Å²) < 4.78 is -0.0682. The molecule has 5 heteroatoms. The van der Waals surface area contributed by atoms with Crippen molar-refractivity contribution in [2.24, 2.45) is 5.41 Å². The topological polar surface area (TPSA) is 37.4 Å². The average Bonchev–Trinajstić information content (AvgIpc) is 2.99. The van der Waals surface area contributed by atoms with Gasteiger partial charge in [0, 0.05) is 12.1 Å². The number of amides is 2. The van der Waals surface area contributed by atoms with Crippen LogP contribution < -0.4 is 22.0 Å². The van der Waals surface area contributed by atoms with Crippen LogP contribution in [-0.4, -0.2) is 18.4 Å². The van der Waals surface area contributed by atoms with E-state index in [1.807, 2.05) is 60.7 Å². The Labute approximate surface area is 198 Å². The number of hydrogen-bond donors (Lipinski definition) is 0. The Morgan fingerprint density at radius 1 is 0.906 bits per heavy atom. The Kier molecular flexibility index (Phi) is 9.23. The number of para-hydroxylation sites is 2. The summed E-state index contributed by atoms with van der Waals surface area (Å²) in [5.41, 5.74) is 0.544. The summed E-state index contributed by atoms with van der Waals surface area (Å²) in [7, 11) is 0. The van der Waals surface area contributed by atoms with E-state index < -0.39 is 5.41 Å². The summed E-state index contributed by atoms with van der Waals surface area (Å²) >= 11 is 0. The third-order valence-corrected chi connectivity index (χ3v) is 6.41. The molecule has 2 amide bonds. The predicted octanol–water partition coefficient (Wildman–Crippen LogP) is 3.43. The highest BCUT2D eigenvalue weighted by Crippen LogP contribution is 2.48. The smallest absolute Gasteiger partial charge is 0.359 e. The van der Waals surface area contributed by atoms with E-state index in [0.717, 1.165) is 43.5 Å². The minimum atomic E-state index is -1.07. The van der Waals surface area contributed by atoms with Crippen LogP contribution in [0.2, 0.25) is 0 Å². The molecule has 0 saturated carbocycles. The van der Waals surface area contributed by atoms with Crippen molar-refractivity contribution in [2.75, 3.05) is 11.6 Å². The summed E-state index contributed by atoms with van der Waals surface area (Å²) in [6.07, 6.45) is 7.36. The summed E-state index contributed by atoms with van der Waals surface area (Å²) in [6, 6.07) is 19.5. The van der Waals surface area contributed by atoms with Crippen molar-refractivity contribution in [3.63, 3.8) is 0 Å². The first-order valence-electron chi connectivity index (χ1n) is 11.6. The van der Waals surface area contributed by atoms with Crippen LogP contribution in [0.5, 0.6) is 0 Å². The van der Waals surface area contributed by atoms with Gasteiger partial charge in [-0.2, -0.15) is 0 Å². The molecule has 32 heavy (non-hydrogen) atoms. The van der Waals surface area contributed by atoms with E-state index in [0.29, 0.717) is 19.4 Å². The number of anilines is 1. The standard InChI is InChI=1S/C27H35N2O2.ClH/c1-4-7-15-22-29(24-18-13-10-14-19-24)26(31)27(20-6-3,21-8-5-2)25(30)28(29)23-16-11-9-12-17-23;/h6,9-14,16-19H,3-5,7-8,15,20-22H2,1-2H3;1H/q+1;/p-1. The Hall–Kier alpha value is -2.43. The predicted molar refractivity (Wildman–Crippen MR) is 128 cm³/mol. The van der Waals surface area contributed by atoms with Gasteiger partial charge in [0.05, 0.1) is 5.69 Å². The molecule has 1 saturated heterocycles. The number of allylic oxidation sites excluding steroid dienone is 1. The number of halogens is 1. The Morgan fingerprint density at radius 3 is 2.06 bits per heavy atom. The molecule has 3 rings (SSSR count). The van der Waals surface area contributed by atoms with Crippen LogP contribution in [0.25, 0.3) is 0 Å². The Morgan fingerprint density at radius 2 is 1.50 bits per heavy atom. The largest absolute Gasteiger partial charge is 1.00 e. The fourth-order valence-electron chi connectivity index (χ4n) is 4.82. The van der Waals surface area contributed by atoms with E-state index >= 15 is 0 Å². The molecule has 1 heterocycles. The fraction of sp³-hybridized carbons (Fsp3) is 0.407. The first kappa shape index (κ1) is 25.8. The molecular weight excluding hydrogens is 420 g/mol. The summed E-state index contributed by atoms with van der Waals surface area (Å²) in [6.45, 7) is 8.73. The summed E-state index contributed by atoms with van der Waals surface area (Å²) in [4.78, 5) is 28.7. The Bertz CT molecular complexity index is 902. The molecule has 2 aromatic carbocycles. The quantitative estimate of drug-likeness (QED) is 0.226. The van der Waals surface area contributed by atoms with Crippen molar-refractivity contribution in [1.29, 1.82) is 0 Å². The summed E-state index contributed by atoms with van der Waals surface area (Å²) in [5, 5.41) is 1.77. The van der Waals surface area contributed by atoms with Crippen LogP contribution in [0.3, 0.4) is 0 Å². The van der Waals surface area contributed by atoms with Crippen molar-refractivity contribution in [3.8, 4) is 0 Å². The lowest BCUT2D eigenvalue weighted by Gasteiger charge is -2.37. The maximum atomic E-state index is 14.5. The Balaban J connectivity index is 0.00000363. The first-order chi connectivity index (χ1) is 15.1. The van der Waals surface area contributed by atoms with Gasteiger partial charge in [0.1, 0.15) is 6.54 Å². The van der Waals surface area contributed by atoms with Gasteiger partial charge < -0.3 is 12.4 Å². The molecule has 1 fully saturated rings. The van der Waals surface area contributed by atoms with E-state index in [1.54, 1.807) is 11.1 Å². The highest BCUT2D eigenvalue weighted by atomic mass is 35.5. The van der Waals surface area contributed by atoms with Gasteiger partial charge in [-0.1, -0.05) is 75.6 Å². The van der Waals surface area contributed by atoms with E-state index in [4.69, 9.17) is 0 Å². The zero-order valence-corrected chi connectivity index (χ0v) is 20.1. The normalized spacial score (nSPS) is 22.6. The first-order valence-corrected chi connectivity index (χ1v) is 11.6. The van der Waals surface area contributed by atoms with Crippen molar-refractivity contribution in [3.05, 3.63) is 73.3 Å². The van der Waals surface area contributed by atoms with Crippen molar-refractivity contribution >= 4 is 23.2 Å². The molecule has 2 aromatic rings.